The predicted octanol–water partition coefficient (Wildman–Crippen LogP) is 5.13. The van der Waals surface area contributed by atoms with Gasteiger partial charge in [-0.05, 0) is 41.3 Å². The lowest BCUT2D eigenvalue weighted by Gasteiger charge is -2.18. The van der Waals surface area contributed by atoms with Crippen LogP contribution >= 0.6 is 0 Å². The molecular formula is C23H20FNO3. The van der Waals surface area contributed by atoms with Crippen LogP contribution < -0.4 is 5.32 Å². The van der Waals surface area contributed by atoms with Crippen LogP contribution in [0.2, 0.25) is 0 Å². The third-order valence-corrected chi connectivity index (χ3v) is 5.14. The standard InChI is InChI=1S/C23H20FNO3/c1-14(22-20(24)11-6-12-21(22)26)25-23(27)28-13-19-17-9-4-2-7-15(17)16-8-3-5-10-18(16)19/h2-12,14,19,26H,13H2,1H3,(H,25,27). The highest BCUT2D eigenvalue weighted by Gasteiger charge is 2.29. The van der Waals surface area contributed by atoms with Gasteiger partial charge in [0.2, 0.25) is 0 Å². The van der Waals surface area contributed by atoms with Crippen molar-refractivity contribution in [1.82, 2.24) is 5.32 Å². The molecule has 3 aromatic carbocycles. The molecule has 4 rings (SSSR count). The van der Waals surface area contributed by atoms with Crippen LogP contribution in [0, 0.1) is 5.82 Å². The van der Waals surface area contributed by atoms with Crippen LogP contribution in [-0.4, -0.2) is 17.8 Å². The number of amides is 1. The summed E-state index contributed by atoms with van der Waals surface area (Å²) in [5, 5.41) is 12.5. The second-order valence-electron chi connectivity index (χ2n) is 6.86. The van der Waals surface area contributed by atoms with Gasteiger partial charge in [0.05, 0.1) is 11.6 Å². The minimum atomic E-state index is -0.725. The Kier molecular flexibility index (Phi) is 4.74. The molecule has 0 radical (unpaired) electrons. The molecule has 0 fully saturated rings. The first kappa shape index (κ1) is 18.0. The van der Waals surface area contributed by atoms with Crippen molar-refractivity contribution in [1.29, 1.82) is 0 Å². The average Bonchev–Trinajstić information content (AvgIpc) is 3.00. The fourth-order valence-electron chi connectivity index (χ4n) is 3.84. The van der Waals surface area contributed by atoms with E-state index in [2.05, 4.69) is 17.4 Å². The molecule has 0 bridgehead atoms. The highest BCUT2D eigenvalue weighted by atomic mass is 19.1. The maximum absolute atomic E-state index is 14.0. The number of hydrogen-bond acceptors (Lipinski definition) is 3. The lowest BCUT2D eigenvalue weighted by atomic mass is 9.98. The van der Waals surface area contributed by atoms with Gasteiger partial charge in [0, 0.05) is 5.92 Å². The van der Waals surface area contributed by atoms with Crippen LogP contribution in [0.5, 0.6) is 5.75 Å². The van der Waals surface area contributed by atoms with Gasteiger partial charge in [0.25, 0.3) is 0 Å². The third kappa shape index (κ3) is 3.20. The number of carbonyl (C=O) groups excluding carboxylic acids is 1. The molecular weight excluding hydrogens is 357 g/mol. The van der Waals surface area contributed by atoms with E-state index in [1.807, 2.05) is 36.4 Å². The van der Waals surface area contributed by atoms with E-state index in [1.54, 1.807) is 6.92 Å². The first-order valence-electron chi connectivity index (χ1n) is 9.15. The zero-order valence-corrected chi connectivity index (χ0v) is 15.4. The van der Waals surface area contributed by atoms with Crippen LogP contribution in [0.15, 0.2) is 66.7 Å². The summed E-state index contributed by atoms with van der Waals surface area (Å²) in [5.74, 6) is -0.826. The van der Waals surface area contributed by atoms with Gasteiger partial charge in [-0.15, -0.1) is 0 Å². The summed E-state index contributed by atoms with van der Waals surface area (Å²) in [6.07, 6.45) is -0.656. The number of rotatable bonds is 4. The van der Waals surface area contributed by atoms with Gasteiger partial charge < -0.3 is 15.2 Å². The van der Waals surface area contributed by atoms with Crippen molar-refractivity contribution in [2.24, 2.45) is 0 Å². The highest BCUT2D eigenvalue weighted by molar-refractivity contribution is 5.79. The molecule has 0 heterocycles. The van der Waals surface area contributed by atoms with E-state index in [4.69, 9.17) is 4.74 Å². The predicted molar refractivity (Wildman–Crippen MR) is 105 cm³/mol. The number of hydrogen-bond donors (Lipinski definition) is 2. The van der Waals surface area contributed by atoms with E-state index >= 15 is 0 Å². The minimum Gasteiger partial charge on any atom is -0.507 e. The molecule has 1 aliphatic carbocycles. The number of phenolic OH excluding ortho intramolecular Hbond substituents is 1. The van der Waals surface area contributed by atoms with Crippen molar-refractivity contribution in [3.8, 4) is 16.9 Å². The van der Waals surface area contributed by atoms with Gasteiger partial charge in [0.1, 0.15) is 18.2 Å². The summed E-state index contributed by atoms with van der Waals surface area (Å²) >= 11 is 0. The normalized spacial score (nSPS) is 13.5. The summed E-state index contributed by atoms with van der Waals surface area (Å²) in [6, 6.07) is 19.5. The Morgan fingerprint density at radius 3 is 2.25 bits per heavy atom. The monoisotopic (exact) mass is 377 g/mol. The molecule has 3 aromatic rings. The number of nitrogens with one attached hydrogen (secondary N) is 1. The van der Waals surface area contributed by atoms with E-state index in [9.17, 15) is 14.3 Å². The van der Waals surface area contributed by atoms with Gasteiger partial charge in [-0.2, -0.15) is 0 Å². The van der Waals surface area contributed by atoms with Crippen LogP contribution in [0.3, 0.4) is 0 Å². The first-order chi connectivity index (χ1) is 13.6. The summed E-state index contributed by atoms with van der Waals surface area (Å²) < 4.78 is 19.4. The molecule has 1 unspecified atom stereocenters. The number of carbonyl (C=O) groups is 1. The minimum absolute atomic E-state index is 0.0380. The molecule has 142 valence electrons. The molecule has 1 amide bonds. The van der Waals surface area contributed by atoms with Gasteiger partial charge in [-0.3, -0.25) is 0 Å². The second kappa shape index (κ2) is 7.35. The Bertz CT molecular complexity index is 968. The summed E-state index contributed by atoms with van der Waals surface area (Å²) in [6.45, 7) is 1.77. The van der Waals surface area contributed by atoms with Crippen LogP contribution in [-0.2, 0) is 4.74 Å². The van der Waals surface area contributed by atoms with Gasteiger partial charge in [0.15, 0.2) is 0 Å². The maximum atomic E-state index is 14.0. The van der Waals surface area contributed by atoms with Crippen molar-refractivity contribution in [2.75, 3.05) is 6.61 Å². The topological polar surface area (TPSA) is 58.6 Å². The second-order valence-corrected chi connectivity index (χ2v) is 6.86. The van der Waals surface area contributed by atoms with Crippen molar-refractivity contribution in [2.45, 2.75) is 18.9 Å². The van der Waals surface area contributed by atoms with Crippen molar-refractivity contribution in [3.63, 3.8) is 0 Å². The Morgan fingerprint density at radius 2 is 1.64 bits per heavy atom. The van der Waals surface area contributed by atoms with Crippen LogP contribution in [0.1, 0.15) is 35.6 Å². The number of aromatic hydroxyl groups is 1. The molecule has 2 N–H and O–H groups in total. The van der Waals surface area contributed by atoms with E-state index in [-0.39, 0.29) is 23.8 Å². The van der Waals surface area contributed by atoms with Crippen LogP contribution in [0.4, 0.5) is 9.18 Å². The van der Waals surface area contributed by atoms with Gasteiger partial charge in [-0.1, -0.05) is 54.6 Å². The largest absolute Gasteiger partial charge is 0.507 e. The zero-order chi connectivity index (χ0) is 19.7. The summed E-state index contributed by atoms with van der Waals surface area (Å²) in [7, 11) is 0. The molecule has 0 saturated heterocycles. The molecule has 0 saturated carbocycles. The quantitative estimate of drug-likeness (QED) is 0.663. The number of benzene rings is 3. The van der Waals surface area contributed by atoms with E-state index in [0.717, 1.165) is 22.3 Å². The van der Waals surface area contributed by atoms with E-state index < -0.39 is 18.0 Å². The lowest BCUT2D eigenvalue weighted by molar-refractivity contribution is 0.139. The first-order valence-corrected chi connectivity index (χ1v) is 9.15. The fourth-order valence-corrected chi connectivity index (χ4v) is 3.84. The molecule has 4 nitrogen and oxygen atoms in total. The fraction of sp³-hybridized carbons (Fsp3) is 0.174. The van der Waals surface area contributed by atoms with Gasteiger partial charge in [-0.25, -0.2) is 9.18 Å². The molecule has 0 spiro atoms. The number of alkyl carbamates (subject to hydrolysis) is 1. The molecule has 28 heavy (non-hydrogen) atoms. The molecule has 0 aromatic heterocycles. The Labute approximate surface area is 162 Å². The van der Waals surface area contributed by atoms with Crippen LogP contribution in [0.25, 0.3) is 11.1 Å². The summed E-state index contributed by atoms with van der Waals surface area (Å²) in [4.78, 5) is 12.3. The van der Waals surface area contributed by atoms with E-state index in [1.165, 1.54) is 18.2 Å². The Hall–Kier alpha value is -3.34. The van der Waals surface area contributed by atoms with Crippen molar-refractivity contribution >= 4 is 6.09 Å². The molecule has 1 aliphatic rings. The van der Waals surface area contributed by atoms with Crippen molar-refractivity contribution < 1.29 is 19.0 Å². The smallest absolute Gasteiger partial charge is 0.407 e. The average molecular weight is 377 g/mol. The number of fused-ring (bicyclic) bond motifs is 3. The third-order valence-electron chi connectivity index (χ3n) is 5.14. The van der Waals surface area contributed by atoms with Gasteiger partial charge >= 0.3 is 6.09 Å². The Morgan fingerprint density at radius 1 is 1.04 bits per heavy atom. The molecule has 1 atom stereocenters. The molecule has 0 aliphatic heterocycles. The highest BCUT2D eigenvalue weighted by Crippen LogP contribution is 2.44. The molecule has 5 heteroatoms. The number of phenols is 1. The lowest BCUT2D eigenvalue weighted by Crippen LogP contribution is -2.29. The number of ether oxygens (including phenoxy) is 1. The zero-order valence-electron chi connectivity index (χ0n) is 15.4. The Balaban J connectivity index is 1.47. The van der Waals surface area contributed by atoms with E-state index in [0.29, 0.717) is 0 Å². The van der Waals surface area contributed by atoms with Crippen molar-refractivity contribution in [3.05, 3.63) is 89.2 Å². The number of halogens is 1. The maximum Gasteiger partial charge on any atom is 0.407 e. The SMILES string of the molecule is CC(NC(=O)OCC1c2ccccc2-c2ccccc21)c1c(O)cccc1F. The summed E-state index contributed by atoms with van der Waals surface area (Å²) in [5.41, 5.74) is 4.58.